The second-order valence-corrected chi connectivity index (χ2v) is 6.32. The SMILES string of the molecule is Cn1cc(C(=O)ON2C(=O)c3ccccc3C2=O)c(-c2cccs2)n1. The summed E-state index contributed by atoms with van der Waals surface area (Å²) in [6.07, 6.45) is 1.50. The fraction of sp³-hybridized carbons (Fsp3) is 0.0588. The molecular weight excluding hydrogens is 342 g/mol. The van der Waals surface area contributed by atoms with E-state index in [1.807, 2.05) is 17.5 Å². The number of carbonyl (C=O) groups is 3. The molecule has 0 saturated carbocycles. The topological polar surface area (TPSA) is 81.5 Å². The van der Waals surface area contributed by atoms with Crippen molar-refractivity contribution in [3.63, 3.8) is 0 Å². The summed E-state index contributed by atoms with van der Waals surface area (Å²) in [6, 6.07) is 9.99. The van der Waals surface area contributed by atoms with Crippen LogP contribution < -0.4 is 0 Å². The predicted octanol–water partition coefficient (Wildman–Crippen LogP) is 2.52. The normalized spacial score (nSPS) is 13.2. The van der Waals surface area contributed by atoms with Crippen LogP contribution in [0.3, 0.4) is 0 Å². The minimum Gasteiger partial charge on any atom is -0.324 e. The van der Waals surface area contributed by atoms with Crippen LogP contribution in [0.25, 0.3) is 10.6 Å². The first kappa shape index (κ1) is 15.3. The van der Waals surface area contributed by atoms with E-state index < -0.39 is 17.8 Å². The zero-order valence-electron chi connectivity index (χ0n) is 13.0. The van der Waals surface area contributed by atoms with Gasteiger partial charge >= 0.3 is 5.97 Å². The van der Waals surface area contributed by atoms with E-state index in [9.17, 15) is 14.4 Å². The van der Waals surface area contributed by atoms with E-state index in [1.54, 1.807) is 19.2 Å². The molecule has 3 heterocycles. The Bertz CT molecular complexity index is 972. The van der Waals surface area contributed by atoms with Gasteiger partial charge in [-0.15, -0.1) is 11.3 Å². The van der Waals surface area contributed by atoms with Crippen LogP contribution in [0.5, 0.6) is 0 Å². The molecule has 4 rings (SSSR count). The molecule has 0 spiro atoms. The number of thiophene rings is 1. The lowest BCUT2D eigenvalue weighted by molar-refractivity contribution is -0.0584. The molecule has 0 saturated heterocycles. The Morgan fingerprint density at radius 1 is 1.08 bits per heavy atom. The highest BCUT2D eigenvalue weighted by Crippen LogP contribution is 2.28. The number of nitrogens with zero attached hydrogens (tertiary/aromatic N) is 3. The van der Waals surface area contributed by atoms with Crippen LogP contribution in [0.15, 0.2) is 48.0 Å². The molecule has 0 unspecified atom stereocenters. The van der Waals surface area contributed by atoms with E-state index in [-0.39, 0.29) is 16.7 Å². The zero-order valence-corrected chi connectivity index (χ0v) is 13.8. The molecule has 0 N–H and O–H groups in total. The first-order chi connectivity index (χ1) is 12.1. The van der Waals surface area contributed by atoms with Gasteiger partial charge in [0.2, 0.25) is 0 Å². The van der Waals surface area contributed by atoms with Gasteiger partial charge in [0.15, 0.2) is 0 Å². The lowest BCUT2D eigenvalue weighted by atomic mass is 10.1. The van der Waals surface area contributed by atoms with Crippen molar-refractivity contribution < 1.29 is 19.2 Å². The van der Waals surface area contributed by atoms with E-state index in [4.69, 9.17) is 4.84 Å². The lowest BCUT2D eigenvalue weighted by Gasteiger charge is -2.12. The van der Waals surface area contributed by atoms with E-state index in [1.165, 1.54) is 34.3 Å². The zero-order chi connectivity index (χ0) is 17.6. The molecule has 0 radical (unpaired) electrons. The summed E-state index contributed by atoms with van der Waals surface area (Å²) < 4.78 is 1.48. The summed E-state index contributed by atoms with van der Waals surface area (Å²) >= 11 is 1.42. The number of carbonyl (C=O) groups excluding carboxylic acids is 3. The van der Waals surface area contributed by atoms with Crippen LogP contribution in [0.2, 0.25) is 0 Å². The first-order valence-electron chi connectivity index (χ1n) is 7.34. The molecule has 0 fully saturated rings. The molecule has 1 aliphatic heterocycles. The lowest BCUT2D eigenvalue weighted by Crippen LogP contribution is -2.32. The van der Waals surface area contributed by atoms with Crippen molar-refractivity contribution in [3.8, 4) is 10.6 Å². The maximum absolute atomic E-state index is 12.6. The standard InChI is InChI=1S/C17H11N3O4S/c1-19-9-12(14(18-19)13-7-4-8-25-13)17(23)24-20-15(21)10-5-2-3-6-11(10)16(20)22/h2-9H,1H3. The molecule has 0 aliphatic carbocycles. The average Bonchev–Trinajstić information content (AvgIpc) is 3.31. The van der Waals surface area contributed by atoms with E-state index in [0.717, 1.165) is 4.88 Å². The summed E-state index contributed by atoms with van der Waals surface area (Å²) in [6.45, 7) is 0. The molecule has 0 atom stereocenters. The van der Waals surface area contributed by atoms with Crippen LogP contribution in [0, 0.1) is 0 Å². The Morgan fingerprint density at radius 3 is 2.36 bits per heavy atom. The second-order valence-electron chi connectivity index (χ2n) is 5.37. The van der Waals surface area contributed by atoms with Crippen molar-refractivity contribution in [1.29, 1.82) is 0 Å². The molecule has 1 aliphatic rings. The van der Waals surface area contributed by atoms with Crippen LogP contribution in [-0.2, 0) is 11.9 Å². The Balaban J connectivity index is 1.64. The summed E-state index contributed by atoms with van der Waals surface area (Å²) in [4.78, 5) is 43.0. The van der Waals surface area contributed by atoms with Gasteiger partial charge in [0.1, 0.15) is 11.3 Å². The molecule has 124 valence electrons. The summed E-state index contributed by atoms with van der Waals surface area (Å²) in [5.41, 5.74) is 1.05. The van der Waals surface area contributed by atoms with Crippen molar-refractivity contribution in [3.05, 3.63) is 64.7 Å². The minimum absolute atomic E-state index is 0.182. The smallest absolute Gasteiger partial charge is 0.324 e. The van der Waals surface area contributed by atoms with Crippen LogP contribution in [0.1, 0.15) is 31.1 Å². The summed E-state index contributed by atoms with van der Waals surface area (Å²) in [5, 5.41) is 6.63. The van der Waals surface area contributed by atoms with Crippen LogP contribution in [-0.4, -0.2) is 32.6 Å². The van der Waals surface area contributed by atoms with Gasteiger partial charge in [-0.2, -0.15) is 5.10 Å². The van der Waals surface area contributed by atoms with E-state index in [0.29, 0.717) is 10.8 Å². The molecule has 3 aromatic rings. The number of rotatable bonds is 3. The number of benzene rings is 1. The maximum Gasteiger partial charge on any atom is 0.367 e. The van der Waals surface area contributed by atoms with Crippen molar-refractivity contribution in [2.75, 3.05) is 0 Å². The molecule has 8 heteroatoms. The first-order valence-corrected chi connectivity index (χ1v) is 8.22. The van der Waals surface area contributed by atoms with Crippen molar-refractivity contribution in [2.24, 2.45) is 7.05 Å². The van der Waals surface area contributed by atoms with E-state index in [2.05, 4.69) is 5.10 Å². The van der Waals surface area contributed by atoms with Gasteiger partial charge in [-0.1, -0.05) is 23.3 Å². The third-order valence-electron chi connectivity index (χ3n) is 3.73. The third-order valence-corrected chi connectivity index (χ3v) is 4.61. The number of hydrogen-bond donors (Lipinski definition) is 0. The van der Waals surface area contributed by atoms with Crippen molar-refractivity contribution in [1.82, 2.24) is 14.8 Å². The maximum atomic E-state index is 12.6. The van der Waals surface area contributed by atoms with Gasteiger partial charge in [-0.3, -0.25) is 14.3 Å². The number of fused-ring (bicyclic) bond motifs is 1. The average molecular weight is 353 g/mol. The van der Waals surface area contributed by atoms with E-state index >= 15 is 0 Å². The Hall–Kier alpha value is -3.26. The van der Waals surface area contributed by atoms with Gasteiger partial charge in [0.25, 0.3) is 11.8 Å². The quantitative estimate of drug-likeness (QED) is 0.676. The highest BCUT2D eigenvalue weighted by atomic mass is 32.1. The van der Waals surface area contributed by atoms with Crippen LogP contribution in [0.4, 0.5) is 0 Å². The molecular formula is C17H11N3O4S. The second kappa shape index (κ2) is 5.67. The molecule has 2 aromatic heterocycles. The predicted molar refractivity (Wildman–Crippen MR) is 88.9 cm³/mol. The number of imide groups is 1. The monoisotopic (exact) mass is 353 g/mol. The molecule has 0 bridgehead atoms. The molecule has 7 nitrogen and oxygen atoms in total. The summed E-state index contributed by atoms with van der Waals surface area (Å²) in [5.74, 6) is -2.13. The van der Waals surface area contributed by atoms with Gasteiger partial charge in [-0.05, 0) is 23.6 Å². The summed E-state index contributed by atoms with van der Waals surface area (Å²) in [7, 11) is 1.68. The van der Waals surface area contributed by atoms with Gasteiger partial charge in [0, 0.05) is 13.2 Å². The van der Waals surface area contributed by atoms with Crippen molar-refractivity contribution >= 4 is 29.1 Å². The van der Waals surface area contributed by atoms with Gasteiger partial charge < -0.3 is 4.84 Å². The Morgan fingerprint density at radius 2 is 1.76 bits per heavy atom. The largest absolute Gasteiger partial charge is 0.367 e. The fourth-order valence-corrected chi connectivity index (χ4v) is 3.34. The fourth-order valence-electron chi connectivity index (χ4n) is 2.62. The van der Waals surface area contributed by atoms with Crippen LogP contribution >= 0.6 is 11.3 Å². The molecule has 1 aromatic carbocycles. The van der Waals surface area contributed by atoms with Gasteiger partial charge in [-0.25, -0.2) is 4.79 Å². The van der Waals surface area contributed by atoms with Crippen molar-refractivity contribution in [2.45, 2.75) is 0 Å². The third kappa shape index (κ3) is 2.43. The highest BCUT2D eigenvalue weighted by Gasteiger charge is 2.39. The Labute approximate surface area is 146 Å². The molecule has 25 heavy (non-hydrogen) atoms. The number of aryl methyl sites for hydroxylation is 1. The highest BCUT2D eigenvalue weighted by molar-refractivity contribution is 7.13. The Kier molecular flexibility index (Phi) is 3.47. The van der Waals surface area contributed by atoms with Gasteiger partial charge in [0.05, 0.1) is 16.0 Å². The number of hydroxylamine groups is 2. The number of hydrogen-bond acceptors (Lipinski definition) is 6. The number of amides is 2. The molecule has 2 amide bonds. The minimum atomic E-state index is -0.814. The number of aromatic nitrogens is 2.